The van der Waals surface area contributed by atoms with Crippen LogP contribution in [0.3, 0.4) is 0 Å². The van der Waals surface area contributed by atoms with Crippen molar-refractivity contribution < 1.29 is 13.6 Å². The molecule has 1 amide bonds. The molecule has 42 heavy (non-hydrogen) atoms. The van der Waals surface area contributed by atoms with Gasteiger partial charge >= 0.3 is 0 Å². The average molecular weight is 585 g/mol. The highest BCUT2D eigenvalue weighted by atomic mass is 35.5. The molecule has 5 heterocycles. The van der Waals surface area contributed by atoms with E-state index in [1.165, 1.54) is 18.2 Å². The second kappa shape index (κ2) is 10.9. The van der Waals surface area contributed by atoms with Crippen LogP contribution in [0.4, 0.5) is 20.4 Å². The van der Waals surface area contributed by atoms with E-state index < -0.39 is 11.6 Å². The molecule has 7 nitrogen and oxygen atoms in total. The van der Waals surface area contributed by atoms with Crippen molar-refractivity contribution in [1.29, 1.82) is 0 Å². The number of aromatic nitrogens is 2. The summed E-state index contributed by atoms with van der Waals surface area (Å²) in [6, 6.07) is 16.2. The average Bonchev–Trinajstić information content (AvgIpc) is 3.14. The fraction of sp³-hybridized carbons (Fsp3) is 0.250. The molecular weight excluding hydrogens is 558 g/mol. The van der Waals surface area contributed by atoms with Crippen molar-refractivity contribution in [1.82, 2.24) is 20.2 Å². The Balaban J connectivity index is 1.13. The molecule has 2 bridgehead atoms. The van der Waals surface area contributed by atoms with Gasteiger partial charge in [-0.15, -0.1) is 0 Å². The lowest BCUT2D eigenvalue weighted by molar-refractivity contribution is 0.0620. The Morgan fingerprint density at radius 3 is 2.45 bits per heavy atom. The van der Waals surface area contributed by atoms with Gasteiger partial charge in [0.25, 0.3) is 5.91 Å². The molecule has 0 spiro atoms. The van der Waals surface area contributed by atoms with Crippen LogP contribution in [0.15, 0.2) is 71.9 Å². The minimum atomic E-state index is -0.708. The first-order chi connectivity index (χ1) is 20.4. The number of hydrogen-bond donors (Lipinski definition) is 2. The largest absolute Gasteiger partial charge is 0.348 e. The van der Waals surface area contributed by atoms with Crippen molar-refractivity contribution in [2.45, 2.75) is 25.4 Å². The summed E-state index contributed by atoms with van der Waals surface area (Å²) in [6.45, 7) is 3.30. The Morgan fingerprint density at radius 1 is 0.976 bits per heavy atom. The Labute approximate surface area is 246 Å². The number of nitrogens with one attached hydrogen (secondary N) is 2. The molecule has 3 fully saturated rings. The summed E-state index contributed by atoms with van der Waals surface area (Å²) in [4.78, 5) is 29.1. The van der Waals surface area contributed by atoms with Crippen LogP contribution in [-0.2, 0) is 6.54 Å². The second-order valence-corrected chi connectivity index (χ2v) is 11.4. The van der Waals surface area contributed by atoms with Crippen LogP contribution < -0.4 is 10.6 Å². The number of benzene rings is 3. The first-order valence-corrected chi connectivity index (χ1v) is 14.4. The molecule has 4 aliphatic heterocycles. The molecule has 0 saturated carbocycles. The van der Waals surface area contributed by atoms with E-state index in [1.54, 1.807) is 36.5 Å². The maximum atomic E-state index is 14.8. The number of halogens is 3. The molecule has 3 aromatic carbocycles. The zero-order chi connectivity index (χ0) is 28.8. The van der Waals surface area contributed by atoms with Crippen LogP contribution in [0, 0.1) is 17.6 Å². The number of amides is 1. The lowest BCUT2D eigenvalue weighted by Gasteiger charge is -2.44. The van der Waals surface area contributed by atoms with E-state index in [0.29, 0.717) is 50.5 Å². The molecular formula is C32H27ClF2N6O. The van der Waals surface area contributed by atoms with E-state index in [4.69, 9.17) is 16.6 Å². The van der Waals surface area contributed by atoms with Crippen LogP contribution in [0.1, 0.15) is 39.9 Å². The van der Waals surface area contributed by atoms with Crippen molar-refractivity contribution in [2.75, 3.05) is 25.0 Å². The van der Waals surface area contributed by atoms with E-state index in [1.807, 2.05) is 12.1 Å². The van der Waals surface area contributed by atoms with E-state index in [0.717, 1.165) is 32.5 Å². The number of rotatable bonds is 5. The van der Waals surface area contributed by atoms with Crippen molar-refractivity contribution >= 4 is 34.9 Å². The third kappa shape index (κ3) is 5.03. The molecule has 0 radical (unpaired) electrons. The number of fused-ring (bicyclic) bond motifs is 6. The minimum Gasteiger partial charge on any atom is -0.348 e. The standard InChI is InChI=1S/C32H27ClF2N6O/c33-21-6-9-23-24(14-21)30(28-25(34)2-1-3-26(28)35)36-15-20-16-37-32(40-29(20)23)38-22-7-4-19(5-8-22)31(42)39-27-17-41-12-10-18(27)11-13-41/h1-9,14,16,18,27H,10-13,15,17H2,(H,39,42)(H,37,38,40). The van der Waals surface area contributed by atoms with Crippen LogP contribution in [-0.4, -0.2) is 52.2 Å². The first-order valence-electron chi connectivity index (χ1n) is 14.0. The van der Waals surface area contributed by atoms with E-state index >= 15 is 0 Å². The molecule has 2 N–H and O–H groups in total. The molecule has 10 heteroatoms. The molecule has 3 saturated heterocycles. The predicted octanol–water partition coefficient (Wildman–Crippen LogP) is 5.99. The van der Waals surface area contributed by atoms with Crippen LogP contribution in [0.5, 0.6) is 0 Å². The van der Waals surface area contributed by atoms with Crippen LogP contribution >= 0.6 is 11.6 Å². The fourth-order valence-corrected chi connectivity index (χ4v) is 6.31. The molecule has 212 valence electrons. The minimum absolute atomic E-state index is 0.0704. The van der Waals surface area contributed by atoms with E-state index in [2.05, 4.69) is 25.5 Å². The molecule has 1 atom stereocenters. The van der Waals surface area contributed by atoms with Crippen molar-refractivity contribution in [3.63, 3.8) is 0 Å². The molecule has 0 aliphatic carbocycles. The Bertz CT molecular complexity index is 1700. The topological polar surface area (TPSA) is 82.5 Å². The molecule has 1 unspecified atom stereocenters. The lowest BCUT2D eigenvalue weighted by atomic mass is 9.84. The number of aliphatic imine (C=N–C) groups is 1. The van der Waals surface area contributed by atoms with Crippen molar-refractivity contribution in [3.8, 4) is 11.3 Å². The molecule has 4 aliphatic rings. The van der Waals surface area contributed by atoms with Gasteiger partial charge in [0.2, 0.25) is 5.95 Å². The highest BCUT2D eigenvalue weighted by molar-refractivity contribution is 6.31. The van der Waals surface area contributed by atoms with Gasteiger partial charge in [0.1, 0.15) is 11.6 Å². The van der Waals surface area contributed by atoms with Crippen LogP contribution in [0.2, 0.25) is 5.02 Å². The van der Waals surface area contributed by atoms with Gasteiger partial charge in [-0.1, -0.05) is 23.7 Å². The van der Waals surface area contributed by atoms with Gasteiger partial charge in [0.05, 0.1) is 23.5 Å². The molecule has 4 aromatic rings. The first kappa shape index (κ1) is 26.7. The number of anilines is 2. The normalized spacial score (nSPS) is 20.6. The third-order valence-corrected chi connectivity index (χ3v) is 8.57. The van der Waals surface area contributed by atoms with Crippen molar-refractivity contribution in [3.05, 3.63) is 106 Å². The summed E-state index contributed by atoms with van der Waals surface area (Å²) in [7, 11) is 0. The monoisotopic (exact) mass is 584 g/mol. The second-order valence-electron chi connectivity index (χ2n) is 10.9. The fourth-order valence-electron chi connectivity index (χ4n) is 6.14. The van der Waals surface area contributed by atoms with Crippen molar-refractivity contribution in [2.24, 2.45) is 10.9 Å². The predicted molar refractivity (Wildman–Crippen MR) is 158 cm³/mol. The van der Waals surface area contributed by atoms with Crippen LogP contribution in [0.25, 0.3) is 11.3 Å². The highest BCUT2D eigenvalue weighted by Crippen LogP contribution is 2.35. The summed E-state index contributed by atoms with van der Waals surface area (Å²) in [6.07, 6.45) is 3.93. The van der Waals surface area contributed by atoms with E-state index in [9.17, 15) is 13.6 Å². The Kier molecular flexibility index (Phi) is 6.91. The summed E-state index contributed by atoms with van der Waals surface area (Å²) in [5.74, 6) is -0.600. The number of nitrogens with zero attached hydrogens (tertiary/aromatic N) is 4. The smallest absolute Gasteiger partial charge is 0.251 e. The zero-order valence-electron chi connectivity index (χ0n) is 22.6. The highest BCUT2D eigenvalue weighted by Gasteiger charge is 2.35. The van der Waals surface area contributed by atoms with Gasteiger partial charge in [-0.3, -0.25) is 9.79 Å². The van der Waals surface area contributed by atoms with Gasteiger partial charge in [-0.2, -0.15) is 0 Å². The Hall–Kier alpha value is -4.21. The number of piperidine rings is 3. The van der Waals surface area contributed by atoms with Gasteiger partial charge in [0, 0.05) is 51.7 Å². The van der Waals surface area contributed by atoms with E-state index in [-0.39, 0.29) is 29.8 Å². The molecule has 1 aromatic heterocycles. The van der Waals surface area contributed by atoms with Gasteiger partial charge in [-0.25, -0.2) is 18.7 Å². The lowest BCUT2D eigenvalue weighted by Crippen LogP contribution is -2.57. The summed E-state index contributed by atoms with van der Waals surface area (Å²) >= 11 is 6.32. The third-order valence-electron chi connectivity index (χ3n) is 8.34. The number of carbonyl (C=O) groups excluding carboxylic acids is 1. The maximum Gasteiger partial charge on any atom is 0.251 e. The maximum absolute atomic E-state index is 14.8. The number of carbonyl (C=O) groups is 1. The summed E-state index contributed by atoms with van der Waals surface area (Å²) in [5.41, 5.74) is 3.67. The zero-order valence-corrected chi connectivity index (χ0v) is 23.3. The summed E-state index contributed by atoms with van der Waals surface area (Å²) < 4.78 is 29.6. The quantitative estimate of drug-likeness (QED) is 0.301. The Morgan fingerprint density at radius 2 is 1.74 bits per heavy atom. The SMILES string of the molecule is O=C(NC1CN2CCC1CC2)c1ccc(Nc2ncc3c(n2)-c2ccc(Cl)cc2C(c2c(F)cccc2F)=NC3)cc1. The van der Waals surface area contributed by atoms with Gasteiger partial charge in [-0.05, 0) is 80.4 Å². The van der Waals surface area contributed by atoms with Gasteiger partial charge < -0.3 is 15.5 Å². The number of hydrogen-bond acceptors (Lipinski definition) is 6. The van der Waals surface area contributed by atoms with Gasteiger partial charge in [0.15, 0.2) is 0 Å². The summed E-state index contributed by atoms with van der Waals surface area (Å²) in [5, 5.41) is 6.83. The molecule has 8 rings (SSSR count).